The lowest BCUT2D eigenvalue weighted by Crippen LogP contribution is -2.42. The third-order valence-electron chi connectivity index (χ3n) is 2.18. The van der Waals surface area contributed by atoms with Gasteiger partial charge in [0, 0.05) is 6.42 Å². The molecule has 0 spiro atoms. The predicted molar refractivity (Wildman–Crippen MR) is 49.7 cm³/mol. The van der Waals surface area contributed by atoms with E-state index in [1.54, 1.807) is 0 Å². The van der Waals surface area contributed by atoms with Crippen LogP contribution in [0.3, 0.4) is 0 Å². The van der Waals surface area contributed by atoms with Gasteiger partial charge in [0.15, 0.2) is 5.44 Å². The van der Waals surface area contributed by atoms with Crippen molar-refractivity contribution >= 4 is 10.1 Å². The van der Waals surface area contributed by atoms with E-state index in [1.165, 1.54) is 0 Å². The minimum atomic E-state index is -4.29. The van der Waals surface area contributed by atoms with Gasteiger partial charge >= 0.3 is 0 Å². The Hall–Kier alpha value is -0.170. The van der Waals surface area contributed by atoms with Crippen LogP contribution in [0.4, 0.5) is 0 Å². The highest BCUT2D eigenvalue weighted by Gasteiger charge is 2.23. The van der Waals surface area contributed by atoms with Crippen molar-refractivity contribution in [3.05, 3.63) is 0 Å². The van der Waals surface area contributed by atoms with E-state index in [-0.39, 0.29) is 6.42 Å². The molecule has 0 aromatic heterocycles. The van der Waals surface area contributed by atoms with Gasteiger partial charge in [-0.3, -0.25) is 4.55 Å². The van der Waals surface area contributed by atoms with Crippen molar-refractivity contribution in [2.45, 2.75) is 18.8 Å². The Kier molecular flexibility index (Phi) is 4.31. The van der Waals surface area contributed by atoms with Gasteiger partial charge in [0.25, 0.3) is 10.1 Å². The maximum Gasteiger partial charge on any atom is 0.292 e. The van der Waals surface area contributed by atoms with Crippen LogP contribution in [0, 0.1) is 0 Å². The van der Waals surface area contributed by atoms with E-state index >= 15 is 0 Å². The normalized spacial score (nSPS) is 15.8. The van der Waals surface area contributed by atoms with Gasteiger partial charge in [-0.25, -0.2) is 0 Å². The smallest absolute Gasteiger partial charge is 0.292 e. The van der Waals surface area contributed by atoms with Crippen LogP contribution in [-0.2, 0) is 10.1 Å². The maximum absolute atomic E-state index is 10.4. The van der Waals surface area contributed by atoms with Gasteiger partial charge in [-0.1, -0.05) is 0 Å². The van der Waals surface area contributed by atoms with Crippen LogP contribution in [0.2, 0.25) is 0 Å². The Balaban J connectivity index is 4.05. The summed E-state index contributed by atoms with van der Waals surface area (Å²) in [5.74, 6) is 0. The molecule has 80 valence electrons. The SMILES string of the molecule is CC[N+](C)(C)CCC(O)S(=O)(=O)O. The molecule has 0 heterocycles. The largest absolute Gasteiger partial charge is 0.375 e. The number of aliphatic hydroxyl groups is 1. The molecule has 0 amide bonds. The molecule has 0 fully saturated rings. The zero-order valence-corrected chi connectivity index (χ0v) is 9.08. The summed E-state index contributed by atoms with van der Waals surface area (Å²) in [5, 5.41) is 9.00. The van der Waals surface area contributed by atoms with E-state index in [0.29, 0.717) is 11.0 Å². The third-order valence-corrected chi connectivity index (χ3v) is 3.10. The predicted octanol–water partition coefficient (Wildman–Crippen LogP) is -0.321. The molecule has 0 aromatic carbocycles. The quantitative estimate of drug-likeness (QED) is 0.484. The van der Waals surface area contributed by atoms with Crippen molar-refractivity contribution in [3.8, 4) is 0 Å². The molecule has 0 aromatic rings. The Morgan fingerprint density at radius 2 is 1.85 bits per heavy atom. The van der Waals surface area contributed by atoms with Gasteiger partial charge in [0.1, 0.15) is 0 Å². The molecule has 0 aliphatic heterocycles. The second kappa shape index (κ2) is 4.36. The number of hydrogen-bond donors (Lipinski definition) is 2. The van der Waals surface area contributed by atoms with Crippen LogP contribution in [0.1, 0.15) is 13.3 Å². The summed E-state index contributed by atoms with van der Waals surface area (Å²) in [5.41, 5.74) is -1.66. The maximum atomic E-state index is 10.4. The Morgan fingerprint density at radius 3 is 2.15 bits per heavy atom. The molecule has 0 bridgehead atoms. The lowest BCUT2D eigenvalue weighted by molar-refractivity contribution is -0.888. The number of rotatable bonds is 5. The van der Waals surface area contributed by atoms with Crippen molar-refractivity contribution < 1.29 is 22.6 Å². The van der Waals surface area contributed by atoms with Crippen LogP contribution in [-0.4, -0.2) is 55.2 Å². The molecule has 5 nitrogen and oxygen atoms in total. The third kappa shape index (κ3) is 5.20. The van der Waals surface area contributed by atoms with Gasteiger partial charge in [-0.05, 0) is 6.92 Å². The van der Waals surface area contributed by atoms with Crippen LogP contribution in [0.5, 0.6) is 0 Å². The van der Waals surface area contributed by atoms with Crippen LogP contribution >= 0.6 is 0 Å². The fraction of sp³-hybridized carbons (Fsp3) is 1.00. The number of hydrogen-bond acceptors (Lipinski definition) is 3. The van der Waals surface area contributed by atoms with Gasteiger partial charge in [0.05, 0.1) is 27.2 Å². The van der Waals surface area contributed by atoms with E-state index in [4.69, 9.17) is 9.66 Å². The molecule has 2 N–H and O–H groups in total. The summed E-state index contributed by atoms with van der Waals surface area (Å²) < 4.78 is 30.0. The Bertz CT molecular complexity index is 247. The monoisotopic (exact) mass is 212 g/mol. The van der Waals surface area contributed by atoms with Crippen LogP contribution < -0.4 is 0 Å². The summed E-state index contributed by atoms with van der Waals surface area (Å²) in [4.78, 5) is 0. The highest BCUT2D eigenvalue weighted by atomic mass is 32.2. The Labute approximate surface area is 79.3 Å². The first-order valence-electron chi connectivity index (χ1n) is 4.15. The van der Waals surface area contributed by atoms with Gasteiger partial charge in [-0.2, -0.15) is 8.42 Å². The van der Waals surface area contributed by atoms with Gasteiger partial charge < -0.3 is 9.59 Å². The molecular formula is C7H18NO4S+. The topological polar surface area (TPSA) is 74.6 Å². The van der Waals surface area contributed by atoms with E-state index in [9.17, 15) is 8.42 Å². The van der Waals surface area contributed by atoms with E-state index < -0.39 is 15.6 Å². The van der Waals surface area contributed by atoms with Crippen molar-refractivity contribution in [2.75, 3.05) is 27.2 Å². The molecule has 1 atom stereocenters. The molecule has 0 aliphatic carbocycles. The summed E-state index contributed by atoms with van der Waals surface area (Å²) in [7, 11) is -0.433. The summed E-state index contributed by atoms with van der Waals surface area (Å²) in [6, 6.07) is 0. The zero-order valence-electron chi connectivity index (χ0n) is 8.27. The minimum Gasteiger partial charge on any atom is -0.375 e. The summed E-state index contributed by atoms with van der Waals surface area (Å²) in [6.07, 6.45) is 0.0552. The molecule has 0 saturated carbocycles. The number of nitrogens with zero attached hydrogens (tertiary/aromatic N) is 1. The summed E-state index contributed by atoms with van der Waals surface area (Å²) >= 11 is 0. The van der Waals surface area contributed by atoms with Crippen molar-refractivity contribution in [1.29, 1.82) is 0 Å². The van der Waals surface area contributed by atoms with Crippen LogP contribution in [0.25, 0.3) is 0 Å². The number of aliphatic hydroxyl groups excluding tert-OH is 1. The van der Waals surface area contributed by atoms with Gasteiger partial charge in [-0.15, -0.1) is 0 Å². The summed E-state index contributed by atoms with van der Waals surface area (Å²) in [6.45, 7) is 3.33. The highest BCUT2D eigenvalue weighted by Crippen LogP contribution is 2.05. The average Bonchev–Trinajstić information content (AvgIpc) is 1.98. The lowest BCUT2D eigenvalue weighted by Gasteiger charge is -2.28. The van der Waals surface area contributed by atoms with E-state index in [1.807, 2.05) is 21.0 Å². The van der Waals surface area contributed by atoms with Crippen LogP contribution in [0.15, 0.2) is 0 Å². The van der Waals surface area contributed by atoms with Crippen molar-refractivity contribution in [1.82, 2.24) is 0 Å². The fourth-order valence-electron chi connectivity index (χ4n) is 0.767. The second-order valence-electron chi connectivity index (χ2n) is 3.73. The minimum absolute atomic E-state index is 0.0552. The molecule has 0 saturated heterocycles. The molecule has 0 aliphatic rings. The number of quaternary nitrogens is 1. The first kappa shape index (κ1) is 12.8. The Morgan fingerprint density at radius 1 is 1.38 bits per heavy atom. The van der Waals surface area contributed by atoms with Crippen molar-refractivity contribution in [2.24, 2.45) is 0 Å². The molecule has 6 heteroatoms. The second-order valence-corrected chi connectivity index (χ2v) is 5.31. The highest BCUT2D eigenvalue weighted by molar-refractivity contribution is 7.86. The molecule has 1 unspecified atom stereocenters. The van der Waals surface area contributed by atoms with E-state index in [2.05, 4.69) is 0 Å². The average molecular weight is 212 g/mol. The standard InChI is InChI=1S/C7H17NO4S/c1-4-8(2,3)6-5-7(9)13(10,11)12/h7,9H,4-6H2,1-3H3/p+1. The molecular weight excluding hydrogens is 194 g/mol. The first-order chi connectivity index (χ1) is 5.69. The lowest BCUT2D eigenvalue weighted by atomic mass is 10.3. The van der Waals surface area contributed by atoms with E-state index in [0.717, 1.165) is 6.54 Å². The molecule has 0 rings (SSSR count). The van der Waals surface area contributed by atoms with Crippen molar-refractivity contribution in [3.63, 3.8) is 0 Å². The first-order valence-corrected chi connectivity index (χ1v) is 5.66. The molecule has 13 heavy (non-hydrogen) atoms. The van der Waals surface area contributed by atoms with Gasteiger partial charge in [0.2, 0.25) is 0 Å². The fourth-order valence-corrected chi connectivity index (χ4v) is 1.17. The molecule has 0 radical (unpaired) electrons. The zero-order chi connectivity index (χ0) is 10.7.